The third-order valence-corrected chi connectivity index (χ3v) is 3.01. The molecular formula is C16H16F2N2O. The van der Waals surface area contributed by atoms with Gasteiger partial charge in [0.15, 0.2) is 0 Å². The highest BCUT2D eigenvalue weighted by atomic mass is 19.1. The summed E-state index contributed by atoms with van der Waals surface area (Å²) in [5.41, 5.74) is 1.69. The summed E-state index contributed by atoms with van der Waals surface area (Å²) in [6.45, 7) is 3.18. The van der Waals surface area contributed by atoms with E-state index >= 15 is 0 Å². The minimum Gasteiger partial charge on any atom is -0.378 e. The van der Waals surface area contributed by atoms with Crippen molar-refractivity contribution in [1.82, 2.24) is 0 Å². The number of anilines is 2. The van der Waals surface area contributed by atoms with Gasteiger partial charge in [-0.15, -0.1) is 0 Å². The number of benzene rings is 2. The molecule has 1 atom stereocenters. The summed E-state index contributed by atoms with van der Waals surface area (Å²) in [5, 5.41) is 5.74. The van der Waals surface area contributed by atoms with Crippen molar-refractivity contribution in [3.8, 4) is 0 Å². The number of amides is 1. The van der Waals surface area contributed by atoms with Gasteiger partial charge in [-0.1, -0.05) is 0 Å². The third-order valence-electron chi connectivity index (χ3n) is 3.01. The Morgan fingerprint density at radius 3 is 2.29 bits per heavy atom. The third kappa shape index (κ3) is 4.02. The quantitative estimate of drug-likeness (QED) is 0.890. The zero-order valence-electron chi connectivity index (χ0n) is 11.8. The number of nitrogens with one attached hydrogen (secondary N) is 2. The Balaban J connectivity index is 2.10. The fourth-order valence-electron chi connectivity index (χ4n) is 2.03. The molecule has 0 saturated heterocycles. The monoisotopic (exact) mass is 290 g/mol. The second-order valence-corrected chi connectivity index (χ2v) is 4.79. The van der Waals surface area contributed by atoms with Crippen LogP contribution in [0.5, 0.6) is 0 Å². The van der Waals surface area contributed by atoms with E-state index < -0.39 is 11.6 Å². The molecule has 0 aliphatic heterocycles. The van der Waals surface area contributed by atoms with Gasteiger partial charge in [-0.25, -0.2) is 8.78 Å². The van der Waals surface area contributed by atoms with Crippen molar-refractivity contribution in [2.75, 3.05) is 10.6 Å². The van der Waals surface area contributed by atoms with Gasteiger partial charge in [0, 0.05) is 23.9 Å². The van der Waals surface area contributed by atoms with E-state index in [2.05, 4.69) is 10.6 Å². The molecule has 0 aliphatic carbocycles. The molecule has 21 heavy (non-hydrogen) atoms. The Bertz CT molecular complexity index is 641. The van der Waals surface area contributed by atoms with Crippen molar-refractivity contribution >= 4 is 17.3 Å². The summed E-state index contributed by atoms with van der Waals surface area (Å²) in [4.78, 5) is 10.9. The molecule has 0 bridgehead atoms. The summed E-state index contributed by atoms with van der Waals surface area (Å²) < 4.78 is 26.9. The molecule has 2 aromatic rings. The van der Waals surface area contributed by atoms with Gasteiger partial charge in [-0.3, -0.25) is 4.79 Å². The van der Waals surface area contributed by atoms with Gasteiger partial charge in [-0.05, 0) is 49.4 Å². The Hall–Kier alpha value is -2.43. The normalized spacial score (nSPS) is 11.8. The van der Waals surface area contributed by atoms with E-state index in [9.17, 15) is 13.6 Å². The molecule has 0 saturated carbocycles. The summed E-state index contributed by atoms with van der Waals surface area (Å²) in [6.07, 6.45) is 0. The fraction of sp³-hybridized carbons (Fsp3) is 0.188. The zero-order chi connectivity index (χ0) is 15.4. The lowest BCUT2D eigenvalue weighted by molar-refractivity contribution is -0.114. The first-order chi connectivity index (χ1) is 9.95. The van der Waals surface area contributed by atoms with Crippen molar-refractivity contribution < 1.29 is 13.6 Å². The highest BCUT2D eigenvalue weighted by Crippen LogP contribution is 2.23. The first-order valence-corrected chi connectivity index (χ1v) is 6.55. The predicted octanol–water partition coefficient (Wildman–Crippen LogP) is 4.10. The molecule has 2 N–H and O–H groups in total. The van der Waals surface area contributed by atoms with Crippen molar-refractivity contribution in [2.24, 2.45) is 0 Å². The van der Waals surface area contributed by atoms with Gasteiger partial charge < -0.3 is 10.6 Å². The maximum atomic E-state index is 13.7. The van der Waals surface area contributed by atoms with Crippen LogP contribution < -0.4 is 10.6 Å². The van der Waals surface area contributed by atoms with Crippen LogP contribution in [-0.4, -0.2) is 5.91 Å². The average Bonchev–Trinajstić information content (AvgIpc) is 2.43. The average molecular weight is 290 g/mol. The molecule has 2 rings (SSSR count). The molecule has 2 aromatic carbocycles. The van der Waals surface area contributed by atoms with Crippen molar-refractivity contribution in [3.05, 3.63) is 59.7 Å². The number of rotatable bonds is 4. The lowest BCUT2D eigenvalue weighted by Crippen LogP contribution is -2.09. The van der Waals surface area contributed by atoms with E-state index in [1.165, 1.54) is 13.0 Å². The van der Waals surface area contributed by atoms with E-state index in [0.717, 1.165) is 17.8 Å². The van der Waals surface area contributed by atoms with Crippen LogP contribution in [0, 0.1) is 11.6 Å². The van der Waals surface area contributed by atoms with E-state index in [0.29, 0.717) is 5.69 Å². The highest BCUT2D eigenvalue weighted by Gasteiger charge is 2.12. The van der Waals surface area contributed by atoms with Gasteiger partial charge in [0.25, 0.3) is 0 Å². The molecule has 1 unspecified atom stereocenters. The zero-order valence-corrected chi connectivity index (χ0v) is 11.8. The lowest BCUT2D eigenvalue weighted by Gasteiger charge is -2.17. The number of hydrogen-bond acceptors (Lipinski definition) is 2. The maximum Gasteiger partial charge on any atom is 0.221 e. The number of halogens is 2. The molecule has 0 heterocycles. The largest absolute Gasteiger partial charge is 0.378 e. The van der Waals surface area contributed by atoms with Gasteiger partial charge in [0.05, 0.1) is 6.04 Å². The van der Waals surface area contributed by atoms with Crippen LogP contribution in [0.3, 0.4) is 0 Å². The predicted molar refractivity (Wildman–Crippen MR) is 79.1 cm³/mol. The second-order valence-electron chi connectivity index (χ2n) is 4.79. The van der Waals surface area contributed by atoms with Crippen molar-refractivity contribution in [2.45, 2.75) is 19.9 Å². The molecule has 110 valence electrons. The first-order valence-electron chi connectivity index (χ1n) is 6.55. The summed E-state index contributed by atoms with van der Waals surface area (Å²) >= 11 is 0. The van der Waals surface area contributed by atoms with Crippen LogP contribution >= 0.6 is 0 Å². The van der Waals surface area contributed by atoms with Crippen molar-refractivity contribution in [1.29, 1.82) is 0 Å². The Morgan fingerprint density at radius 2 is 1.67 bits per heavy atom. The molecule has 1 amide bonds. The summed E-state index contributed by atoms with van der Waals surface area (Å²) in [6, 6.07) is 10.00. The Labute approximate surface area is 122 Å². The van der Waals surface area contributed by atoms with Crippen LogP contribution in [0.4, 0.5) is 20.2 Å². The van der Waals surface area contributed by atoms with Gasteiger partial charge in [-0.2, -0.15) is 0 Å². The number of hydrogen-bond donors (Lipinski definition) is 2. The van der Waals surface area contributed by atoms with Crippen LogP contribution in [-0.2, 0) is 4.79 Å². The smallest absolute Gasteiger partial charge is 0.221 e. The lowest BCUT2D eigenvalue weighted by atomic mass is 10.1. The number of carbonyl (C=O) groups excluding carboxylic acids is 1. The topological polar surface area (TPSA) is 41.1 Å². The van der Waals surface area contributed by atoms with E-state index in [4.69, 9.17) is 0 Å². The SMILES string of the molecule is CC(=O)Nc1ccc(NC(C)c2cc(F)ccc2F)cc1. The number of carbonyl (C=O) groups is 1. The standard InChI is InChI=1S/C16H16F2N2O/c1-10(15-9-12(17)3-8-16(15)18)19-13-4-6-14(7-5-13)20-11(2)21/h3-10,19H,1-2H3,(H,20,21). The van der Waals surface area contributed by atoms with Gasteiger partial charge in [0.1, 0.15) is 11.6 Å². The van der Waals surface area contributed by atoms with E-state index in [1.807, 2.05) is 0 Å². The van der Waals surface area contributed by atoms with Gasteiger partial charge in [0.2, 0.25) is 5.91 Å². The second kappa shape index (κ2) is 6.35. The van der Waals surface area contributed by atoms with Crippen LogP contribution in [0.1, 0.15) is 25.5 Å². The molecule has 0 aliphatic rings. The summed E-state index contributed by atoms with van der Waals surface area (Å²) in [5.74, 6) is -1.07. The van der Waals surface area contributed by atoms with Crippen LogP contribution in [0.2, 0.25) is 0 Å². The van der Waals surface area contributed by atoms with Crippen LogP contribution in [0.25, 0.3) is 0 Å². The minimum atomic E-state index is -0.471. The fourth-order valence-corrected chi connectivity index (χ4v) is 2.03. The summed E-state index contributed by atoms with van der Waals surface area (Å²) in [7, 11) is 0. The van der Waals surface area contributed by atoms with E-state index in [-0.39, 0.29) is 17.5 Å². The van der Waals surface area contributed by atoms with E-state index in [1.54, 1.807) is 31.2 Å². The molecule has 0 spiro atoms. The molecule has 5 heteroatoms. The molecule has 0 radical (unpaired) electrons. The molecule has 3 nitrogen and oxygen atoms in total. The molecule has 0 aromatic heterocycles. The Morgan fingerprint density at radius 1 is 1.05 bits per heavy atom. The molecule has 0 fully saturated rings. The maximum absolute atomic E-state index is 13.7. The van der Waals surface area contributed by atoms with Gasteiger partial charge >= 0.3 is 0 Å². The Kier molecular flexibility index (Phi) is 4.52. The van der Waals surface area contributed by atoms with Crippen molar-refractivity contribution in [3.63, 3.8) is 0 Å². The first kappa shape index (κ1) is 15.0. The van der Waals surface area contributed by atoms with Crippen LogP contribution in [0.15, 0.2) is 42.5 Å². The minimum absolute atomic E-state index is 0.147. The highest BCUT2D eigenvalue weighted by molar-refractivity contribution is 5.88. The molecular weight excluding hydrogens is 274 g/mol.